The van der Waals surface area contributed by atoms with Crippen molar-refractivity contribution in [3.63, 3.8) is 0 Å². The number of rotatable bonds is 7. The monoisotopic (exact) mass is 602 g/mol. The van der Waals surface area contributed by atoms with Gasteiger partial charge in [-0.1, -0.05) is 48.5 Å². The van der Waals surface area contributed by atoms with Crippen LogP contribution in [0, 0.1) is 6.57 Å². The molecule has 1 unspecified atom stereocenters. The Balaban J connectivity index is 1.37. The molecule has 0 bridgehead atoms. The van der Waals surface area contributed by atoms with E-state index in [-0.39, 0.29) is 36.8 Å². The third-order valence-corrected chi connectivity index (χ3v) is 8.91. The van der Waals surface area contributed by atoms with Crippen molar-refractivity contribution in [2.45, 2.75) is 37.4 Å². The van der Waals surface area contributed by atoms with Crippen LogP contribution in [0.4, 0.5) is 5.82 Å². The van der Waals surface area contributed by atoms with E-state index in [1.807, 2.05) is 25.2 Å². The molecule has 3 aromatic rings. The molecule has 11 heteroatoms. The minimum absolute atomic E-state index is 0.0986. The zero-order valence-corrected chi connectivity index (χ0v) is 25.2. The van der Waals surface area contributed by atoms with E-state index in [1.165, 1.54) is 6.08 Å². The molecule has 2 fully saturated rings. The van der Waals surface area contributed by atoms with Gasteiger partial charge in [-0.15, -0.1) is 0 Å². The van der Waals surface area contributed by atoms with Gasteiger partial charge in [0.05, 0.1) is 18.4 Å². The van der Waals surface area contributed by atoms with Gasteiger partial charge in [0.25, 0.3) is 0 Å². The van der Waals surface area contributed by atoms with Crippen molar-refractivity contribution >= 4 is 34.1 Å². The number of aromatic nitrogens is 2. The smallest absolute Gasteiger partial charge is 0.319 e. The van der Waals surface area contributed by atoms with E-state index in [1.54, 1.807) is 12.0 Å². The van der Waals surface area contributed by atoms with Gasteiger partial charge in [0.2, 0.25) is 12.5 Å². The summed E-state index contributed by atoms with van der Waals surface area (Å²) in [4.78, 5) is 32.0. The van der Waals surface area contributed by atoms with E-state index in [2.05, 4.69) is 39.4 Å². The number of methoxy groups -OCH3 is 1. The Morgan fingerprint density at radius 2 is 1.98 bits per heavy atom. The lowest BCUT2D eigenvalue weighted by Gasteiger charge is -2.40. The normalized spacial score (nSPS) is 24.0. The molecule has 4 atom stereocenters. The Morgan fingerprint density at radius 1 is 1.19 bits per heavy atom. The Kier molecular flexibility index (Phi) is 8.50. The van der Waals surface area contributed by atoms with Crippen LogP contribution in [0.25, 0.3) is 15.6 Å². The maximum absolute atomic E-state index is 12.5. The molecule has 10 nitrogen and oxygen atoms in total. The van der Waals surface area contributed by atoms with Crippen LogP contribution in [-0.4, -0.2) is 97.4 Å². The van der Waals surface area contributed by atoms with E-state index in [4.69, 9.17) is 42.4 Å². The maximum atomic E-state index is 12.5. The van der Waals surface area contributed by atoms with Gasteiger partial charge in [-0.05, 0) is 30.1 Å². The summed E-state index contributed by atoms with van der Waals surface area (Å²) >= 11 is 6.67. The zero-order chi connectivity index (χ0) is 30.1. The molecule has 4 heterocycles. The zero-order valence-electron chi connectivity index (χ0n) is 24.4. The van der Waals surface area contributed by atoms with Gasteiger partial charge in [-0.2, -0.15) is 9.97 Å². The highest BCUT2D eigenvalue weighted by Crippen LogP contribution is 2.39. The molecule has 3 aliphatic heterocycles. The van der Waals surface area contributed by atoms with Crippen molar-refractivity contribution in [3.05, 3.63) is 82.3 Å². The number of hydrogen-bond donors (Lipinski definition) is 0. The SMILES string of the molecule is [C-]#[N+]C[C@H]1CN(c2nc(O[C@@H]3CN(C)C[C@H]3OC)nc3c2COC(c2cccc4cccc(Cl)c24)C3)CCN1C(=O)C=C. The number of likely N-dealkylation sites (N-methyl/N-ethyl adjacent to an activating group) is 1. The lowest BCUT2D eigenvalue weighted by atomic mass is 9.94. The molecule has 6 rings (SSSR count). The Bertz CT molecular complexity index is 1570. The van der Waals surface area contributed by atoms with Gasteiger partial charge in [0.1, 0.15) is 24.1 Å². The molecule has 0 N–H and O–H groups in total. The number of likely N-dealkylation sites (tertiary alicyclic amines) is 1. The number of anilines is 1. The van der Waals surface area contributed by atoms with Gasteiger partial charge in [0.15, 0.2) is 0 Å². The molecule has 224 valence electrons. The van der Waals surface area contributed by atoms with E-state index in [0.29, 0.717) is 50.2 Å². The number of amides is 1. The standard InChI is InChI=1S/C32H35ClN6O4/c1-5-29(40)39-13-12-38(16-21(39)15-34-2)31-23-19-42-26(22-10-6-8-20-9-7-11-24(33)30(20)22)14-25(23)35-32(36-31)43-28-18-37(3)17-27(28)41-4/h5-11,21,26-28H,1,12-19H2,3-4H3/t21-,26?,27+,28+/m0/s1. The molecular formula is C32H35ClN6O4. The van der Waals surface area contributed by atoms with Crippen LogP contribution in [0.1, 0.15) is 22.9 Å². The van der Waals surface area contributed by atoms with E-state index < -0.39 is 0 Å². The summed E-state index contributed by atoms with van der Waals surface area (Å²) in [6.07, 6.45) is 1.25. The third-order valence-electron chi connectivity index (χ3n) is 8.59. The van der Waals surface area contributed by atoms with Gasteiger partial charge in [-0.3, -0.25) is 9.69 Å². The Hall–Kier alpha value is -3.75. The average Bonchev–Trinajstić information content (AvgIpc) is 3.38. The average molecular weight is 603 g/mol. The minimum atomic E-state index is -0.289. The third kappa shape index (κ3) is 5.78. The topological polar surface area (TPSA) is 84.6 Å². The minimum Gasteiger partial charge on any atom is -0.456 e. The second-order valence-corrected chi connectivity index (χ2v) is 11.7. The number of nitrogens with zero attached hydrogens (tertiary/aromatic N) is 6. The molecule has 0 aliphatic carbocycles. The second-order valence-electron chi connectivity index (χ2n) is 11.3. The first-order valence-electron chi connectivity index (χ1n) is 14.5. The first kappa shape index (κ1) is 29.3. The van der Waals surface area contributed by atoms with E-state index in [0.717, 1.165) is 40.0 Å². The van der Waals surface area contributed by atoms with Gasteiger partial charge in [0, 0.05) is 62.2 Å². The highest BCUT2D eigenvalue weighted by molar-refractivity contribution is 6.35. The number of ether oxygens (including phenoxy) is 3. The van der Waals surface area contributed by atoms with Gasteiger partial charge >= 0.3 is 6.01 Å². The quantitative estimate of drug-likeness (QED) is 0.297. The molecule has 0 saturated carbocycles. The molecule has 2 saturated heterocycles. The number of carbonyl (C=O) groups is 1. The lowest BCUT2D eigenvalue weighted by Crippen LogP contribution is -2.56. The fourth-order valence-electron chi connectivity index (χ4n) is 6.45. The van der Waals surface area contributed by atoms with Crippen LogP contribution in [-0.2, 0) is 27.3 Å². The molecule has 1 amide bonds. The van der Waals surface area contributed by atoms with E-state index >= 15 is 0 Å². The molecule has 1 aromatic heterocycles. The van der Waals surface area contributed by atoms with Crippen LogP contribution >= 0.6 is 11.6 Å². The molecule has 2 aromatic carbocycles. The first-order valence-corrected chi connectivity index (χ1v) is 14.9. The van der Waals surface area contributed by atoms with Crippen LogP contribution in [0.5, 0.6) is 6.01 Å². The number of hydrogen-bond acceptors (Lipinski definition) is 8. The van der Waals surface area contributed by atoms with Crippen LogP contribution < -0.4 is 9.64 Å². The fraction of sp³-hybridized carbons (Fsp3) is 0.438. The fourth-order valence-corrected chi connectivity index (χ4v) is 6.74. The molecule has 0 radical (unpaired) electrons. The van der Waals surface area contributed by atoms with Crippen molar-refractivity contribution in [1.82, 2.24) is 19.8 Å². The van der Waals surface area contributed by atoms with Crippen LogP contribution in [0.15, 0.2) is 49.1 Å². The van der Waals surface area contributed by atoms with Crippen molar-refractivity contribution in [2.75, 3.05) is 58.3 Å². The van der Waals surface area contributed by atoms with Crippen molar-refractivity contribution in [1.29, 1.82) is 0 Å². The Morgan fingerprint density at radius 3 is 2.74 bits per heavy atom. The highest BCUT2D eigenvalue weighted by atomic mass is 35.5. The van der Waals surface area contributed by atoms with Crippen molar-refractivity contribution in [3.8, 4) is 6.01 Å². The summed E-state index contributed by atoms with van der Waals surface area (Å²) in [5.74, 6) is 0.549. The van der Waals surface area contributed by atoms with Crippen molar-refractivity contribution < 1.29 is 19.0 Å². The summed E-state index contributed by atoms with van der Waals surface area (Å²) in [5.41, 5.74) is 2.76. The number of halogens is 1. The predicted octanol–water partition coefficient (Wildman–Crippen LogP) is 3.93. The summed E-state index contributed by atoms with van der Waals surface area (Å²) in [6, 6.07) is 12.0. The van der Waals surface area contributed by atoms with E-state index in [9.17, 15) is 4.79 Å². The number of piperazine rings is 1. The lowest BCUT2D eigenvalue weighted by molar-refractivity contribution is -0.128. The second kappa shape index (κ2) is 12.5. The highest BCUT2D eigenvalue weighted by Gasteiger charge is 2.37. The molecule has 43 heavy (non-hydrogen) atoms. The number of benzene rings is 2. The summed E-state index contributed by atoms with van der Waals surface area (Å²) in [6.45, 7) is 14.6. The van der Waals surface area contributed by atoms with Gasteiger partial charge < -0.3 is 28.9 Å². The predicted molar refractivity (Wildman–Crippen MR) is 164 cm³/mol. The number of carbonyl (C=O) groups excluding carboxylic acids is 1. The summed E-state index contributed by atoms with van der Waals surface area (Å²) < 4.78 is 18.6. The largest absolute Gasteiger partial charge is 0.456 e. The Labute approximate surface area is 256 Å². The maximum Gasteiger partial charge on any atom is 0.319 e. The first-order chi connectivity index (χ1) is 20.9. The van der Waals surface area contributed by atoms with Crippen LogP contribution in [0.3, 0.4) is 0 Å². The molecule has 0 spiro atoms. The summed E-state index contributed by atoms with van der Waals surface area (Å²) in [7, 11) is 3.73. The molecule has 3 aliphatic rings. The van der Waals surface area contributed by atoms with Crippen molar-refractivity contribution in [2.24, 2.45) is 0 Å². The van der Waals surface area contributed by atoms with Crippen LogP contribution in [0.2, 0.25) is 5.02 Å². The summed E-state index contributed by atoms with van der Waals surface area (Å²) in [5, 5.41) is 2.72. The van der Waals surface area contributed by atoms with Gasteiger partial charge in [-0.25, -0.2) is 6.57 Å². The number of fused-ring (bicyclic) bond motifs is 2. The molecular weight excluding hydrogens is 568 g/mol.